The van der Waals surface area contributed by atoms with Gasteiger partial charge in [0.25, 0.3) is 0 Å². The summed E-state index contributed by atoms with van der Waals surface area (Å²) < 4.78 is 7.46. The molecule has 9 nitrogen and oxygen atoms in total. The number of thioether (sulfide) groups is 1. The summed E-state index contributed by atoms with van der Waals surface area (Å²) in [6.07, 6.45) is 0.517. The van der Waals surface area contributed by atoms with Crippen molar-refractivity contribution >= 4 is 56.3 Å². The number of carbonyl (C=O) groups excluding carboxylic acids is 2. The zero-order chi connectivity index (χ0) is 21.0. The summed E-state index contributed by atoms with van der Waals surface area (Å²) in [6.45, 7) is 5.96. The molecule has 0 bridgehead atoms. The van der Waals surface area contributed by atoms with Gasteiger partial charge in [0.1, 0.15) is 6.04 Å². The Bertz CT molecular complexity index is 1030. The van der Waals surface area contributed by atoms with E-state index in [-0.39, 0.29) is 17.8 Å². The number of anilines is 2. The number of amides is 1. The van der Waals surface area contributed by atoms with Gasteiger partial charge in [-0.2, -0.15) is 0 Å². The summed E-state index contributed by atoms with van der Waals surface area (Å²) in [5.41, 5.74) is 7.09. The van der Waals surface area contributed by atoms with Crippen LogP contribution in [0.25, 0.3) is 10.2 Å². The standard InChI is InChI=1S/C18H22N6O3S2/c1-4-12(24-16(19)22-23-18(24)28-6-3)14(25)21-17-20-11-8-7-10(9-13(11)29-17)15(26)27-5-2/h7-9,12H,4-6H2,1-3H3,(H2,19,22)(H,20,21,25). The van der Waals surface area contributed by atoms with Gasteiger partial charge >= 0.3 is 5.97 Å². The minimum Gasteiger partial charge on any atom is -0.462 e. The van der Waals surface area contributed by atoms with Gasteiger partial charge in [0, 0.05) is 0 Å². The normalized spacial score (nSPS) is 12.1. The van der Waals surface area contributed by atoms with Crippen molar-refractivity contribution < 1.29 is 14.3 Å². The number of aromatic nitrogens is 4. The monoisotopic (exact) mass is 434 g/mol. The van der Waals surface area contributed by atoms with E-state index in [1.54, 1.807) is 29.7 Å². The molecule has 1 unspecified atom stereocenters. The van der Waals surface area contributed by atoms with Crippen molar-refractivity contribution in [3.63, 3.8) is 0 Å². The molecule has 0 spiro atoms. The number of nitrogen functional groups attached to an aromatic ring is 1. The molecule has 1 amide bonds. The third-order valence-electron chi connectivity index (χ3n) is 4.10. The van der Waals surface area contributed by atoms with Gasteiger partial charge in [0.2, 0.25) is 11.9 Å². The lowest BCUT2D eigenvalue weighted by Crippen LogP contribution is -2.27. The predicted octanol–water partition coefficient (Wildman–Crippen LogP) is 3.35. The number of nitrogens with two attached hydrogens (primary N) is 1. The quantitative estimate of drug-likeness (QED) is 0.408. The number of nitrogens with zero attached hydrogens (tertiary/aromatic N) is 4. The summed E-state index contributed by atoms with van der Waals surface area (Å²) in [5, 5.41) is 11.9. The van der Waals surface area contributed by atoms with E-state index in [4.69, 9.17) is 10.5 Å². The first-order valence-corrected chi connectivity index (χ1v) is 11.0. The smallest absolute Gasteiger partial charge is 0.338 e. The first-order chi connectivity index (χ1) is 14.0. The number of benzene rings is 1. The van der Waals surface area contributed by atoms with Crippen molar-refractivity contribution in [2.45, 2.75) is 38.4 Å². The molecular weight excluding hydrogens is 412 g/mol. The number of ether oxygens (including phenoxy) is 1. The molecule has 1 aromatic carbocycles. The van der Waals surface area contributed by atoms with Crippen molar-refractivity contribution in [2.24, 2.45) is 0 Å². The van der Waals surface area contributed by atoms with Gasteiger partial charge in [-0.05, 0) is 37.3 Å². The third-order valence-corrected chi connectivity index (χ3v) is 5.85. The minimum atomic E-state index is -0.554. The Morgan fingerprint density at radius 1 is 1.31 bits per heavy atom. The molecule has 3 N–H and O–H groups in total. The predicted molar refractivity (Wildman–Crippen MR) is 114 cm³/mol. The fourth-order valence-electron chi connectivity index (χ4n) is 2.80. The summed E-state index contributed by atoms with van der Waals surface area (Å²) >= 11 is 2.77. The number of esters is 1. The first-order valence-electron chi connectivity index (χ1n) is 9.20. The largest absolute Gasteiger partial charge is 0.462 e. The highest BCUT2D eigenvalue weighted by Gasteiger charge is 2.25. The summed E-state index contributed by atoms with van der Waals surface area (Å²) in [6, 6.07) is 4.55. The minimum absolute atomic E-state index is 0.200. The van der Waals surface area contributed by atoms with Crippen LogP contribution in [0.4, 0.5) is 11.1 Å². The van der Waals surface area contributed by atoms with Crippen LogP contribution in [0, 0.1) is 0 Å². The van der Waals surface area contributed by atoms with Crippen molar-refractivity contribution in [2.75, 3.05) is 23.4 Å². The Morgan fingerprint density at radius 2 is 2.10 bits per heavy atom. The number of fused-ring (bicyclic) bond motifs is 1. The van der Waals surface area contributed by atoms with E-state index in [0.717, 1.165) is 10.5 Å². The highest BCUT2D eigenvalue weighted by Crippen LogP contribution is 2.30. The van der Waals surface area contributed by atoms with Crippen LogP contribution in [-0.2, 0) is 9.53 Å². The van der Waals surface area contributed by atoms with Crippen LogP contribution in [0.15, 0.2) is 23.4 Å². The molecule has 2 aromatic heterocycles. The molecule has 0 radical (unpaired) electrons. The van der Waals surface area contributed by atoms with Crippen molar-refractivity contribution in [1.29, 1.82) is 0 Å². The molecule has 2 heterocycles. The Kier molecular flexibility index (Phi) is 6.70. The Hall–Kier alpha value is -2.66. The van der Waals surface area contributed by atoms with Gasteiger partial charge in [-0.3, -0.25) is 9.36 Å². The van der Waals surface area contributed by atoms with E-state index >= 15 is 0 Å². The molecule has 154 valence electrons. The van der Waals surface area contributed by atoms with E-state index in [2.05, 4.69) is 20.5 Å². The molecule has 0 saturated carbocycles. The Balaban J connectivity index is 1.83. The van der Waals surface area contributed by atoms with Gasteiger partial charge < -0.3 is 15.8 Å². The zero-order valence-corrected chi connectivity index (χ0v) is 18.0. The van der Waals surface area contributed by atoms with E-state index in [1.165, 1.54) is 23.1 Å². The average Bonchev–Trinajstić information content (AvgIpc) is 3.26. The van der Waals surface area contributed by atoms with Crippen LogP contribution in [0.2, 0.25) is 0 Å². The maximum absolute atomic E-state index is 12.9. The summed E-state index contributed by atoms with van der Waals surface area (Å²) in [5.74, 6) is 0.355. The number of rotatable bonds is 8. The van der Waals surface area contributed by atoms with E-state index in [1.807, 2.05) is 13.8 Å². The van der Waals surface area contributed by atoms with Crippen LogP contribution in [0.5, 0.6) is 0 Å². The van der Waals surface area contributed by atoms with Gasteiger partial charge in [-0.25, -0.2) is 9.78 Å². The van der Waals surface area contributed by atoms with Gasteiger partial charge in [-0.1, -0.05) is 36.9 Å². The number of thiazole rings is 1. The zero-order valence-electron chi connectivity index (χ0n) is 16.3. The second-order valence-electron chi connectivity index (χ2n) is 5.98. The number of carbonyl (C=O) groups is 2. The Labute approximate surface area is 176 Å². The number of nitrogens with one attached hydrogen (secondary N) is 1. The molecule has 0 aliphatic rings. The maximum Gasteiger partial charge on any atom is 0.338 e. The van der Waals surface area contributed by atoms with E-state index < -0.39 is 6.04 Å². The fraction of sp³-hybridized carbons (Fsp3) is 0.389. The fourth-order valence-corrected chi connectivity index (χ4v) is 4.43. The molecule has 0 aliphatic heterocycles. The summed E-state index contributed by atoms with van der Waals surface area (Å²) in [4.78, 5) is 29.3. The van der Waals surface area contributed by atoms with Crippen LogP contribution >= 0.6 is 23.1 Å². The van der Waals surface area contributed by atoms with Crippen molar-refractivity contribution in [3.05, 3.63) is 23.8 Å². The number of hydrogen-bond donors (Lipinski definition) is 2. The molecule has 0 saturated heterocycles. The molecule has 11 heteroatoms. The van der Waals surface area contributed by atoms with Gasteiger partial charge in [0.15, 0.2) is 10.3 Å². The lowest BCUT2D eigenvalue weighted by Gasteiger charge is -2.18. The topological polar surface area (TPSA) is 125 Å². The molecule has 3 aromatic rings. The first kappa shape index (κ1) is 21.1. The molecule has 29 heavy (non-hydrogen) atoms. The molecular formula is C18H22N6O3S2. The SMILES string of the molecule is CCOC(=O)c1ccc2nc(NC(=O)C(CC)n3c(N)nnc3SCC)sc2c1. The van der Waals surface area contributed by atoms with Crippen molar-refractivity contribution in [1.82, 2.24) is 19.7 Å². The highest BCUT2D eigenvalue weighted by atomic mass is 32.2. The van der Waals surface area contributed by atoms with Crippen LogP contribution in [-0.4, -0.2) is 44.0 Å². The number of hydrogen-bond acceptors (Lipinski definition) is 9. The van der Waals surface area contributed by atoms with Crippen LogP contribution < -0.4 is 11.1 Å². The maximum atomic E-state index is 12.9. The molecule has 1 atom stereocenters. The third kappa shape index (κ3) is 4.51. The van der Waals surface area contributed by atoms with Gasteiger partial charge in [0.05, 0.1) is 22.4 Å². The molecule has 3 rings (SSSR count). The second-order valence-corrected chi connectivity index (χ2v) is 8.24. The van der Waals surface area contributed by atoms with Crippen molar-refractivity contribution in [3.8, 4) is 0 Å². The highest BCUT2D eigenvalue weighted by molar-refractivity contribution is 7.99. The second kappa shape index (κ2) is 9.23. The van der Waals surface area contributed by atoms with Crippen LogP contribution in [0.3, 0.4) is 0 Å². The van der Waals surface area contributed by atoms with E-state index in [9.17, 15) is 9.59 Å². The van der Waals surface area contributed by atoms with Crippen LogP contribution in [0.1, 0.15) is 43.6 Å². The molecule has 0 fully saturated rings. The summed E-state index contributed by atoms with van der Waals surface area (Å²) in [7, 11) is 0. The van der Waals surface area contributed by atoms with Gasteiger partial charge in [-0.15, -0.1) is 10.2 Å². The van der Waals surface area contributed by atoms with E-state index in [0.29, 0.717) is 34.4 Å². The lowest BCUT2D eigenvalue weighted by molar-refractivity contribution is -0.119. The molecule has 0 aliphatic carbocycles. The Morgan fingerprint density at radius 3 is 2.79 bits per heavy atom. The lowest BCUT2D eigenvalue weighted by atomic mass is 10.2. The average molecular weight is 435 g/mol.